The Labute approximate surface area is 163 Å². The monoisotopic (exact) mass is 396 g/mol. The van der Waals surface area contributed by atoms with Gasteiger partial charge >= 0.3 is 0 Å². The molecule has 0 bridgehead atoms. The average Bonchev–Trinajstić information content (AvgIpc) is 3.32. The molecule has 3 aromatic rings. The van der Waals surface area contributed by atoms with Crippen LogP contribution in [0.4, 0.5) is 11.4 Å². The van der Waals surface area contributed by atoms with Gasteiger partial charge in [-0.05, 0) is 54.8 Å². The number of sulfonamides is 1. The van der Waals surface area contributed by atoms with Crippen molar-refractivity contribution < 1.29 is 17.6 Å². The van der Waals surface area contributed by atoms with E-state index in [1.807, 2.05) is 31.2 Å². The second-order valence-electron chi connectivity index (χ2n) is 6.87. The van der Waals surface area contributed by atoms with Crippen LogP contribution in [0.15, 0.2) is 65.3 Å². The molecule has 1 aliphatic rings. The molecule has 0 aliphatic carbocycles. The predicted molar refractivity (Wildman–Crippen MR) is 108 cm³/mol. The number of rotatable bonds is 5. The second-order valence-corrected chi connectivity index (χ2v) is 8.60. The lowest BCUT2D eigenvalue weighted by atomic mass is 10.1. The molecular weight excluding hydrogens is 376 g/mol. The molecule has 144 valence electrons. The third kappa shape index (κ3) is 3.80. The van der Waals surface area contributed by atoms with Gasteiger partial charge in [-0.1, -0.05) is 29.8 Å². The quantitative estimate of drug-likeness (QED) is 0.713. The van der Waals surface area contributed by atoms with Crippen LogP contribution in [-0.2, 0) is 22.2 Å². The number of fused-ring (bicyclic) bond motifs is 1. The number of carbonyl (C=O) groups is 1. The molecule has 0 saturated heterocycles. The maximum absolute atomic E-state index is 12.5. The van der Waals surface area contributed by atoms with Crippen molar-refractivity contribution in [2.24, 2.45) is 0 Å². The maximum Gasteiger partial charge on any atom is 0.293 e. The molecule has 1 aliphatic heterocycles. The first-order valence-corrected chi connectivity index (χ1v) is 10.6. The van der Waals surface area contributed by atoms with E-state index in [-0.39, 0.29) is 17.4 Å². The number of nitrogens with one attached hydrogen (secondary N) is 1. The predicted octanol–water partition coefficient (Wildman–Crippen LogP) is 3.73. The van der Waals surface area contributed by atoms with E-state index in [0.29, 0.717) is 18.7 Å². The van der Waals surface area contributed by atoms with Crippen LogP contribution in [0.25, 0.3) is 0 Å². The van der Waals surface area contributed by atoms with Crippen LogP contribution in [0.1, 0.15) is 27.2 Å². The van der Waals surface area contributed by atoms with Crippen LogP contribution < -0.4 is 9.62 Å². The van der Waals surface area contributed by atoms with Crippen LogP contribution >= 0.6 is 0 Å². The van der Waals surface area contributed by atoms with Gasteiger partial charge in [0.25, 0.3) is 5.91 Å². The SMILES string of the molecule is Cc1ccc(CS(=O)(=O)Nc2ccc3c(c2)CCN3C(=O)c2ccco2)cc1. The molecule has 7 heteroatoms. The van der Waals surface area contributed by atoms with Crippen LogP contribution in [0.2, 0.25) is 0 Å². The molecule has 0 fully saturated rings. The Bertz CT molecular complexity index is 1100. The summed E-state index contributed by atoms with van der Waals surface area (Å²) in [5, 5.41) is 0. The topological polar surface area (TPSA) is 79.6 Å². The first kappa shape index (κ1) is 18.3. The molecule has 28 heavy (non-hydrogen) atoms. The summed E-state index contributed by atoms with van der Waals surface area (Å²) in [5.74, 6) is 0.000168. The van der Waals surface area contributed by atoms with Crippen molar-refractivity contribution in [1.29, 1.82) is 0 Å². The maximum atomic E-state index is 12.5. The van der Waals surface area contributed by atoms with Gasteiger partial charge in [-0.15, -0.1) is 0 Å². The van der Waals surface area contributed by atoms with Gasteiger partial charge in [-0.25, -0.2) is 8.42 Å². The van der Waals surface area contributed by atoms with E-state index in [1.165, 1.54) is 6.26 Å². The summed E-state index contributed by atoms with van der Waals surface area (Å²) in [6.07, 6.45) is 2.13. The molecule has 1 amide bonds. The van der Waals surface area contributed by atoms with E-state index in [1.54, 1.807) is 35.2 Å². The Morgan fingerprint density at radius 2 is 1.93 bits per heavy atom. The van der Waals surface area contributed by atoms with E-state index in [9.17, 15) is 13.2 Å². The molecular formula is C21H20N2O4S. The Morgan fingerprint density at radius 3 is 2.64 bits per heavy atom. The first-order valence-electron chi connectivity index (χ1n) is 8.96. The third-order valence-electron chi connectivity index (χ3n) is 4.70. The van der Waals surface area contributed by atoms with E-state index in [4.69, 9.17) is 4.42 Å². The Hall–Kier alpha value is -3.06. The zero-order valence-electron chi connectivity index (χ0n) is 15.4. The van der Waals surface area contributed by atoms with Gasteiger partial charge in [0, 0.05) is 17.9 Å². The lowest BCUT2D eigenvalue weighted by Gasteiger charge is -2.16. The van der Waals surface area contributed by atoms with E-state index < -0.39 is 10.0 Å². The molecule has 6 nitrogen and oxygen atoms in total. The smallest absolute Gasteiger partial charge is 0.293 e. The summed E-state index contributed by atoms with van der Waals surface area (Å²) in [6, 6.07) is 16.0. The minimum absolute atomic E-state index is 0.0898. The first-order chi connectivity index (χ1) is 13.4. The van der Waals surface area contributed by atoms with Crippen LogP contribution in [0, 0.1) is 6.92 Å². The number of hydrogen-bond acceptors (Lipinski definition) is 4. The minimum atomic E-state index is -3.53. The van der Waals surface area contributed by atoms with E-state index in [2.05, 4.69) is 4.72 Å². The van der Waals surface area contributed by atoms with Crippen molar-refractivity contribution in [1.82, 2.24) is 0 Å². The molecule has 2 heterocycles. The Morgan fingerprint density at radius 1 is 1.14 bits per heavy atom. The van der Waals surface area contributed by atoms with Gasteiger partial charge in [0.05, 0.1) is 12.0 Å². The standard InChI is InChI=1S/C21H20N2O4S/c1-15-4-6-16(7-5-15)14-28(25,26)22-18-8-9-19-17(13-18)10-11-23(19)21(24)20-3-2-12-27-20/h2-9,12-13,22H,10-11,14H2,1H3. The molecule has 0 atom stereocenters. The number of nitrogens with zero attached hydrogens (tertiary/aromatic N) is 1. The number of anilines is 2. The summed E-state index contributed by atoms with van der Waals surface area (Å²) in [4.78, 5) is 14.2. The molecule has 0 unspecified atom stereocenters. The molecule has 0 saturated carbocycles. The van der Waals surface area contributed by atoms with Crippen molar-refractivity contribution in [3.63, 3.8) is 0 Å². The van der Waals surface area contributed by atoms with Crippen molar-refractivity contribution in [3.8, 4) is 0 Å². The fraction of sp³-hybridized carbons (Fsp3) is 0.190. The Balaban J connectivity index is 1.50. The highest BCUT2D eigenvalue weighted by atomic mass is 32.2. The summed E-state index contributed by atoms with van der Waals surface area (Å²) in [7, 11) is -3.53. The van der Waals surface area contributed by atoms with Crippen molar-refractivity contribution in [2.45, 2.75) is 19.1 Å². The highest BCUT2D eigenvalue weighted by Crippen LogP contribution is 2.32. The van der Waals surface area contributed by atoms with Gasteiger partial charge in [0.15, 0.2) is 5.76 Å². The molecule has 2 aromatic carbocycles. The number of hydrogen-bond donors (Lipinski definition) is 1. The second kappa shape index (κ2) is 7.16. The summed E-state index contributed by atoms with van der Waals surface area (Å²) in [5.41, 5.74) is 4.02. The van der Waals surface area contributed by atoms with Crippen LogP contribution in [0.3, 0.4) is 0 Å². The Kier molecular flexibility index (Phi) is 4.68. The highest BCUT2D eigenvalue weighted by Gasteiger charge is 2.27. The molecule has 4 rings (SSSR count). The summed E-state index contributed by atoms with van der Waals surface area (Å²) in [6.45, 7) is 2.50. The largest absolute Gasteiger partial charge is 0.459 e. The lowest BCUT2D eigenvalue weighted by molar-refractivity contribution is 0.0963. The van der Waals surface area contributed by atoms with Crippen molar-refractivity contribution >= 4 is 27.3 Å². The lowest BCUT2D eigenvalue weighted by Crippen LogP contribution is -2.28. The normalized spacial score (nSPS) is 13.4. The third-order valence-corrected chi connectivity index (χ3v) is 5.96. The van der Waals surface area contributed by atoms with E-state index in [0.717, 1.165) is 22.4 Å². The van der Waals surface area contributed by atoms with Crippen LogP contribution in [-0.4, -0.2) is 20.9 Å². The van der Waals surface area contributed by atoms with E-state index >= 15 is 0 Å². The van der Waals surface area contributed by atoms with Gasteiger partial charge < -0.3 is 9.32 Å². The number of furan rings is 1. The molecule has 1 N–H and O–H groups in total. The highest BCUT2D eigenvalue weighted by molar-refractivity contribution is 7.91. The molecule has 1 aromatic heterocycles. The number of carbonyl (C=O) groups excluding carboxylic acids is 1. The fourth-order valence-electron chi connectivity index (χ4n) is 3.33. The van der Waals surface area contributed by atoms with Crippen LogP contribution in [0.5, 0.6) is 0 Å². The average molecular weight is 396 g/mol. The number of amides is 1. The molecule has 0 spiro atoms. The fourth-order valence-corrected chi connectivity index (χ4v) is 4.52. The van der Waals surface area contributed by atoms with Gasteiger partial charge in [-0.3, -0.25) is 9.52 Å². The van der Waals surface area contributed by atoms with Gasteiger partial charge in [0.1, 0.15) is 0 Å². The van der Waals surface area contributed by atoms with Crippen molar-refractivity contribution in [2.75, 3.05) is 16.2 Å². The summed E-state index contributed by atoms with van der Waals surface area (Å²) >= 11 is 0. The number of aryl methyl sites for hydroxylation is 1. The van der Waals surface area contributed by atoms with Gasteiger partial charge in [0.2, 0.25) is 10.0 Å². The van der Waals surface area contributed by atoms with Gasteiger partial charge in [-0.2, -0.15) is 0 Å². The molecule has 0 radical (unpaired) electrons. The number of benzene rings is 2. The van der Waals surface area contributed by atoms with Crippen molar-refractivity contribution in [3.05, 3.63) is 83.3 Å². The zero-order valence-corrected chi connectivity index (χ0v) is 16.2. The zero-order chi connectivity index (χ0) is 19.7. The summed E-state index contributed by atoms with van der Waals surface area (Å²) < 4.78 is 32.8. The minimum Gasteiger partial charge on any atom is -0.459 e.